The van der Waals surface area contributed by atoms with E-state index in [0.717, 1.165) is 30.6 Å². The van der Waals surface area contributed by atoms with E-state index >= 15 is 0 Å². The fraction of sp³-hybridized carbons (Fsp3) is 0.605. The van der Waals surface area contributed by atoms with E-state index in [-0.39, 0.29) is 6.03 Å². The Hall–Kier alpha value is -2.55. The molecule has 0 radical (unpaired) electrons. The summed E-state index contributed by atoms with van der Waals surface area (Å²) in [6, 6.07) is 15.1. The molecule has 0 bridgehead atoms. The van der Waals surface area contributed by atoms with Gasteiger partial charge in [0.2, 0.25) is 0 Å². The van der Waals surface area contributed by atoms with Crippen molar-refractivity contribution in [1.29, 1.82) is 0 Å². The minimum Gasteiger partial charge on any atom is -0.320 e. The van der Waals surface area contributed by atoms with Crippen LogP contribution in [0.3, 0.4) is 0 Å². The van der Waals surface area contributed by atoms with Gasteiger partial charge in [-0.3, -0.25) is 0 Å². The van der Waals surface area contributed by atoms with Crippen LogP contribution in [0, 0.1) is 13.8 Å². The molecule has 3 heteroatoms. The van der Waals surface area contributed by atoms with Gasteiger partial charge in [-0.05, 0) is 81.5 Å². The number of allylic oxidation sites excluding steroid dienone is 2. The molecule has 0 saturated carbocycles. The van der Waals surface area contributed by atoms with E-state index in [0.29, 0.717) is 6.54 Å². The number of carbonyl (C=O) groups excluding carboxylic acids is 1. The van der Waals surface area contributed by atoms with Crippen molar-refractivity contribution in [2.75, 3.05) is 11.9 Å². The fourth-order valence-electron chi connectivity index (χ4n) is 5.36. The van der Waals surface area contributed by atoms with Gasteiger partial charge in [-0.1, -0.05) is 132 Å². The lowest BCUT2D eigenvalue weighted by Gasteiger charge is -2.24. The van der Waals surface area contributed by atoms with E-state index in [2.05, 4.69) is 81.6 Å². The maximum absolute atomic E-state index is 13.4. The van der Waals surface area contributed by atoms with Crippen molar-refractivity contribution in [3.8, 4) is 0 Å². The van der Waals surface area contributed by atoms with Crippen molar-refractivity contribution in [2.24, 2.45) is 0 Å². The summed E-state index contributed by atoms with van der Waals surface area (Å²) in [5.41, 5.74) is 5.81. The SMILES string of the molecule is CCCCCCCC/C=C/CCCCCCCCN(Cc1ccc(CCCC)cc1)C(=O)Nc1ccc(C)cc1C. The number of nitrogens with zero attached hydrogens (tertiary/aromatic N) is 1. The molecule has 0 atom stereocenters. The van der Waals surface area contributed by atoms with Crippen LogP contribution in [0.1, 0.15) is 139 Å². The van der Waals surface area contributed by atoms with Gasteiger partial charge >= 0.3 is 6.03 Å². The molecule has 0 aliphatic rings. The summed E-state index contributed by atoms with van der Waals surface area (Å²) in [5.74, 6) is 0. The van der Waals surface area contributed by atoms with Gasteiger partial charge in [-0.25, -0.2) is 4.79 Å². The highest BCUT2D eigenvalue weighted by Gasteiger charge is 2.15. The van der Waals surface area contributed by atoms with E-state index in [1.54, 1.807) is 0 Å². The molecule has 2 aromatic rings. The van der Waals surface area contributed by atoms with Crippen LogP contribution in [-0.4, -0.2) is 17.5 Å². The number of hydrogen-bond acceptors (Lipinski definition) is 1. The van der Waals surface area contributed by atoms with Crippen LogP contribution in [0.25, 0.3) is 0 Å². The summed E-state index contributed by atoms with van der Waals surface area (Å²) in [4.78, 5) is 15.4. The molecule has 2 amide bonds. The van der Waals surface area contributed by atoms with Gasteiger partial charge in [0.25, 0.3) is 0 Å². The van der Waals surface area contributed by atoms with Crippen LogP contribution in [-0.2, 0) is 13.0 Å². The molecule has 0 aromatic heterocycles. The van der Waals surface area contributed by atoms with Crippen molar-refractivity contribution in [3.63, 3.8) is 0 Å². The number of urea groups is 1. The molecule has 0 unspecified atom stereocenters. The Kier molecular flexibility index (Phi) is 18.7. The molecule has 41 heavy (non-hydrogen) atoms. The lowest BCUT2D eigenvalue weighted by molar-refractivity contribution is 0.207. The highest BCUT2D eigenvalue weighted by atomic mass is 16.2. The average molecular weight is 561 g/mol. The quantitative estimate of drug-likeness (QED) is 0.113. The third-order valence-corrected chi connectivity index (χ3v) is 8.07. The first-order valence-electron chi connectivity index (χ1n) is 16.9. The maximum atomic E-state index is 13.4. The second kappa shape index (κ2) is 22.1. The Morgan fingerprint density at radius 3 is 1.85 bits per heavy atom. The van der Waals surface area contributed by atoms with Gasteiger partial charge in [-0.15, -0.1) is 0 Å². The number of carbonyl (C=O) groups is 1. The van der Waals surface area contributed by atoms with Gasteiger partial charge in [-0.2, -0.15) is 0 Å². The molecule has 0 spiro atoms. The van der Waals surface area contributed by atoms with Gasteiger partial charge in [0.1, 0.15) is 0 Å². The van der Waals surface area contributed by atoms with Gasteiger partial charge in [0.05, 0.1) is 0 Å². The van der Waals surface area contributed by atoms with Crippen LogP contribution in [0.2, 0.25) is 0 Å². The molecule has 0 heterocycles. The van der Waals surface area contributed by atoms with Crippen molar-refractivity contribution in [2.45, 2.75) is 143 Å². The number of unbranched alkanes of at least 4 members (excludes halogenated alkanes) is 13. The zero-order valence-electron chi connectivity index (χ0n) is 27.0. The number of anilines is 1. The van der Waals surface area contributed by atoms with Crippen LogP contribution in [0.4, 0.5) is 10.5 Å². The molecule has 2 aromatic carbocycles. The average Bonchev–Trinajstić information content (AvgIpc) is 2.97. The summed E-state index contributed by atoms with van der Waals surface area (Å²) in [6.45, 7) is 10.1. The molecule has 2 rings (SSSR count). The van der Waals surface area contributed by atoms with Gasteiger partial charge < -0.3 is 10.2 Å². The lowest BCUT2D eigenvalue weighted by atomic mass is 10.1. The minimum atomic E-state index is -0.000223. The molecule has 0 aliphatic heterocycles. The second-order valence-corrected chi connectivity index (χ2v) is 12.0. The summed E-state index contributed by atoms with van der Waals surface area (Å²) in [7, 11) is 0. The number of amides is 2. The smallest absolute Gasteiger partial charge is 0.320 e. The van der Waals surface area contributed by atoms with Crippen LogP contribution in [0.15, 0.2) is 54.6 Å². The van der Waals surface area contributed by atoms with E-state index in [1.165, 1.54) is 113 Å². The first-order chi connectivity index (χ1) is 20.0. The molecular formula is C38H60N2O. The number of hydrogen-bond donors (Lipinski definition) is 1. The zero-order chi connectivity index (χ0) is 29.5. The lowest BCUT2D eigenvalue weighted by Crippen LogP contribution is -2.35. The first-order valence-corrected chi connectivity index (χ1v) is 16.9. The van der Waals surface area contributed by atoms with E-state index in [9.17, 15) is 4.79 Å². The topological polar surface area (TPSA) is 32.3 Å². The van der Waals surface area contributed by atoms with Crippen LogP contribution < -0.4 is 5.32 Å². The normalized spacial score (nSPS) is 11.3. The number of rotatable bonds is 22. The number of nitrogens with one attached hydrogen (secondary N) is 1. The Balaban J connectivity index is 1.72. The standard InChI is InChI=1S/C38H60N2O/c1-5-7-9-10-11-12-13-14-15-16-17-18-19-20-21-22-30-40(32-36-27-25-35(26-28-36)23-8-6-2)38(41)39-37-29-24-33(3)31-34(37)4/h14-15,24-29,31H,5-13,16-23,30,32H2,1-4H3,(H,39,41)/b15-14+. The first kappa shape index (κ1) is 34.7. The number of aryl methyl sites for hydroxylation is 3. The minimum absolute atomic E-state index is 0.000223. The van der Waals surface area contributed by atoms with Crippen molar-refractivity contribution in [3.05, 3.63) is 76.9 Å². The van der Waals surface area contributed by atoms with E-state index in [1.807, 2.05) is 11.0 Å². The molecule has 228 valence electrons. The number of benzene rings is 2. The summed E-state index contributed by atoms with van der Waals surface area (Å²) >= 11 is 0. The molecule has 0 aliphatic carbocycles. The predicted molar refractivity (Wildman–Crippen MR) is 180 cm³/mol. The van der Waals surface area contributed by atoms with Crippen molar-refractivity contribution in [1.82, 2.24) is 4.90 Å². The third-order valence-electron chi connectivity index (χ3n) is 8.07. The van der Waals surface area contributed by atoms with Crippen molar-refractivity contribution < 1.29 is 4.79 Å². The maximum Gasteiger partial charge on any atom is 0.322 e. The predicted octanol–water partition coefficient (Wildman–Crippen LogP) is 11.7. The van der Waals surface area contributed by atoms with Crippen molar-refractivity contribution >= 4 is 11.7 Å². The summed E-state index contributed by atoms with van der Waals surface area (Å²) in [5, 5.41) is 3.18. The highest BCUT2D eigenvalue weighted by molar-refractivity contribution is 5.90. The van der Waals surface area contributed by atoms with Gasteiger partial charge in [0, 0.05) is 18.8 Å². The molecule has 0 saturated heterocycles. The van der Waals surface area contributed by atoms with Crippen LogP contribution >= 0.6 is 0 Å². The Labute approximate surface area is 253 Å². The molecular weight excluding hydrogens is 500 g/mol. The zero-order valence-corrected chi connectivity index (χ0v) is 27.0. The molecule has 3 nitrogen and oxygen atoms in total. The Morgan fingerprint density at radius 1 is 0.683 bits per heavy atom. The van der Waals surface area contributed by atoms with E-state index in [4.69, 9.17) is 0 Å². The fourth-order valence-corrected chi connectivity index (χ4v) is 5.36. The van der Waals surface area contributed by atoms with E-state index < -0.39 is 0 Å². The molecule has 0 fully saturated rings. The summed E-state index contributed by atoms with van der Waals surface area (Å²) < 4.78 is 0. The Bertz CT molecular complexity index is 978. The second-order valence-electron chi connectivity index (χ2n) is 12.0. The summed E-state index contributed by atoms with van der Waals surface area (Å²) in [6.07, 6.45) is 26.5. The van der Waals surface area contributed by atoms with Gasteiger partial charge in [0.15, 0.2) is 0 Å². The Morgan fingerprint density at radius 2 is 1.24 bits per heavy atom. The third kappa shape index (κ3) is 15.9. The monoisotopic (exact) mass is 560 g/mol. The molecule has 1 N–H and O–H groups in total. The largest absolute Gasteiger partial charge is 0.322 e. The van der Waals surface area contributed by atoms with Crippen LogP contribution in [0.5, 0.6) is 0 Å². The highest BCUT2D eigenvalue weighted by Crippen LogP contribution is 2.19.